The number of aryl methyl sites for hydroxylation is 1. The zero-order valence-corrected chi connectivity index (χ0v) is 10.2. The van der Waals surface area contributed by atoms with Crippen LogP contribution < -0.4 is 10.6 Å². The summed E-state index contributed by atoms with van der Waals surface area (Å²) in [6.07, 6.45) is 6.35. The van der Waals surface area contributed by atoms with Crippen LogP contribution in [0.15, 0.2) is 18.5 Å². The third-order valence-electron chi connectivity index (χ3n) is 3.19. The summed E-state index contributed by atoms with van der Waals surface area (Å²) in [7, 11) is 0. The van der Waals surface area contributed by atoms with Crippen LogP contribution in [0.5, 0.6) is 0 Å². The Labute approximate surface area is 102 Å². The Morgan fingerprint density at radius 1 is 1.65 bits per heavy atom. The van der Waals surface area contributed by atoms with Gasteiger partial charge in [0.2, 0.25) is 5.91 Å². The van der Waals surface area contributed by atoms with E-state index >= 15 is 0 Å². The summed E-state index contributed by atoms with van der Waals surface area (Å²) < 4.78 is 0. The van der Waals surface area contributed by atoms with Crippen LogP contribution in [-0.2, 0) is 4.79 Å². The average molecular weight is 233 g/mol. The van der Waals surface area contributed by atoms with E-state index in [1.807, 2.05) is 13.0 Å². The molecule has 17 heavy (non-hydrogen) atoms. The molecule has 1 unspecified atom stereocenters. The molecule has 1 aromatic rings. The maximum Gasteiger partial charge on any atom is 0.224 e. The first-order valence-electron chi connectivity index (χ1n) is 6.17. The molecule has 0 radical (unpaired) electrons. The van der Waals surface area contributed by atoms with Gasteiger partial charge in [-0.1, -0.05) is 0 Å². The number of carbonyl (C=O) groups is 1. The summed E-state index contributed by atoms with van der Waals surface area (Å²) in [5, 5.41) is 6.25. The second kappa shape index (κ2) is 5.77. The van der Waals surface area contributed by atoms with Crippen LogP contribution in [0.2, 0.25) is 0 Å². The number of hydrogen-bond acceptors (Lipinski definition) is 3. The van der Waals surface area contributed by atoms with Gasteiger partial charge in [0.1, 0.15) is 0 Å². The first-order valence-corrected chi connectivity index (χ1v) is 6.17. The topological polar surface area (TPSA) is 54.0 Å². The Hall–Kier alpha value is -1.42. The second-order valence-corrected chi connectivity index (χ2v) is 4.66. The first kappa shape index (κ1) is 12.0. The van der Waals surface area contributed by atoms with Crippen LogP contribution in [-0.4, -0.2) is 24.0 Å². The molecule has 4 nitrogen and oxygen atoms in total. The SMILES string of the molecule is Cc1ccncc1NC(=O)CC1CCCNC1. The highest BCUT2D eigenvalue weighted by Crippen LogP contribution is 2.16. The lowest BCUT2D eigenvalue weighted by atomic mass is 9.96. The van der Waals surface area contributed by atoms with E-state index in [4.69, 9.17) is 0 Å². The summed E-state index contributed by atoms with van der Waals surface area (Å²) in [6, 6.07) is 1.90. The van der Waals surface area contributed by atoms with Gasteiger partial charge < -0.3 is 10.6 Å². The predicted octanol–water partition coefficient (Wildman–Crippen LogP) is 1.72. The highest BCUT2D eigenvalue weighted by molar-refractivity contribution is 5.91. The Balaban J connectivity index is 1.86. The van der Waals surface area contributed by atoms with E-state index in [-0.39, 0.29) is 5.91 Å². The van der Waals surface area contributed by atoms with E-state index in [0.717, 1.165) is 30.8 Å². The number of nitrogens with zero attached hydrogens (tertiary/aromatic N) is 1. The number of amides is 1. The van der Waals surface area contributed by atoms with E-state index in [9.17, 15) is 4.79 Å². The molecule has 0 saturated carbocycles. The van der Waals surface area contributed by atoms with Gasteiger partial charge in [0, 0.05) is 12.6 Å². The van der Waals surface area contributed by atoms with Crippen molar-refractivity contribution in [1.29, 1.82) is 0 Å². The maximum absolute atomic E-state index is 11.9. The van der Waals surface area contributed by atoms with Crippen molar-refractivity contribution in [3.05, 3.63) is 24.0 Å². The molecule has 1 amide bonds. The van der Waals surface area contributed by atoms with E-state index in [2.05, 4.69) is 15.6 Å². The largest absolute Gasteiger partial charge is 0.325 e. The zero-order chi connectivity index (χ0) is 12.1. The predicted molar refractivity (Wildman–Crippen MR) is 67.8 cm³/mol. The van der Waals surface area contributed by atoms with Crippen molar-refractivity contribution >= 4 is 11.6 Å². The summed E-state index contributed by atoms with van der Waals surface area (Å²) in [5.74, 6) is 0.565. The van der Waals surface area contributed by atoms with Crippen molar-refractivity contribution in [2.45, 2.75) is 26.2 Å². The lowest BCUT2D eigenvalue weighted by molar-refractivity contribution is -0.117. The standard InChI is InChI=1S/C13H19N3O/c1-10-4-6-15-9-12(10)16-13(17)7-11-3-2-5-14-8-11/h4,6,9,11,14H,2-3,5,7-8H2,1H3,(H,16,17). The minimum Gasteiger partial charge on any atom is -0.325 e. The monoisotopic (exact) mass is 233 g/mol. The molecule has 2 N–H and O–H groups in total. The number of aromatic nitrogens is 1. The molecule has 92 valence electrons. The van der Waals surface area contributed by atoms with Gasteiger partial charge in [-0.15, -0.1) is 0 Å². The highest BCUT2D eigenvalue weighted by Gasteiger charge is 2.16. The number of rotatable bonds is 3. The van der Waals surface area contributed by atoms with E-state index < -0.39 is 0 Å². The van der Waals surface area contributed by atoms with Crippen molar-refractivity contribution in [1.82, 2.24) is 10.3 Å². The molecule has 1 aromatic heterocycles. The molecule has 0 bridgehead atoms. The smallest absolute Gasteiger partial charge is 0.224 e. The minimum absolute atomic E-state index is 0.0924. The molecule has 0 aliphatic carbocycles. The molecule has 0 aromatic carbocycles. The summed E-state index contributed by atoms with van der Waals surface area (Å²) in [4.78, 5) is 15.9. The van der Waals surface area contributed by atoms with Crippen LogP contribution in [0, 0.1) is 12.8 Å². The zero-order valence-electron chi connectivity index (χ0n) is 10.2. The number of pyridine rings is 1. The van der Waals surface area contributed by atoms with Crippen molar-refractivity contribution in [3.8, 4) is 0 Å². The van der Waals surface area contributed by atoms with Crippen molar-refractivity contribution in [2.75, 3.05) is 18.4 Å². The van der Waals surface area contributed by atoms with E-state index in [1.54, 1.807) is 12.4 Å². The van der Waals surface area contributed by atoms with Crippen LogP contribution in [0.25, 0.3) is 0 Å². The molecule has 1 atom stereocenters. The van der Waals surface area contributed by atoms with Crippen molar-refractivity contribution in [2.24, 2.45) is 5.92 Å². The Bertz CT molecular complexity index is 386. The van der Waals surface area contributed by atoms with Gasteiger partial charge in [-0.05, 0) is 50.4 Å². The number of piperidine rings is 1. The first-order chi connectivity index (χ1) is 8.25. The lowest BCUT2D eigenvalue weighted by Crippen LogP contribution is -2.32. The van der Waals surface area contributed by atoms with E-state index in [0.29, 0.717) is 12.3 Å². The lowest BCUT2D eigenvalue weighted by Gasteiger charge is -2.22. The van der Waals surface area contributed by atoms with Crippen LogP contribution in [0.1, 0.15) is 24.8 Å². The molecule has 1 fully saturated rings. The maximum atomic E-state index is 11.9. The molecule has 0 spiro atoms. The van der Waals surface area contributed by atoms with Gasteiger partial charge >= 0.3 is 0 Å². The van der Waals surface area contributed by atoms with Crippen LogP contribution in [0.4, 0.5) is 5.69 Å². The molecular formula is C13H19N3O. The fourth-order valence-corrected chi connectivity index (χ4v) is 2.16. The Morgan fingerprint density at radius 3 is 3.24 bits per heavy atom. The van der Waals surface area contributed by atoms with Gasteiger partial charge in [-0.2, -0.15) is 0 Å². The molecule has 1 aliphatic heterocycles. The van der Waals surface area contributed by atoms with Gasteiger partial charge in [-0.3, -0.25) is 9.78 Å². The number of anilines is 1. The molecule has 1 aliphatic rings. The van der Waals surface area contributed by atoms with Crippen molar-refractivity contribution < 1.29 is 4.79 Å². The fourth-order valence-electron chi connectivity index (χ4n) is 2.16. The summed E-state index contributed by atoms with van der Waals surface area (Å²) in [6.45, 7) is 4.01. The third-order valence-corrected chi connectivity index (χ3v) is 3.19. The fraction of sp³-hybridized carbons (Fsp3) is 0.538. The number of nitrogens with one attached hydrogen (secondary N) is 2. The molecule has 2 heterocycles. The van der Waals surface area contributed by atoms with Crippen molar-refractivity contribution in [3.63, 3.8) is 0 Å². The highest BCUT2D eigenvalue weighted by atomic mass is 16.1. The number of hydrogen-bond donors (Lipinski definition) is 2. The van der Waals surface area contributed by atoms with Gasteiger partial charge in [-0.25, -0.2) is 0 Å². The Kier molecular flexibility index (Phi) is 4.09. The molecule has 2 rings (SSSR count). The number of carbonyl (C=O) groups excluding carboxylic acids is 1. The third kappa shape index (κ3) is 3.53. The normalized spacial score (nSPS) is 19.9. The van der Waals surface area contributed by atoms with Gasteiger partial charge in [0.25, 0.3) is 0 Å². The molecular weight excluding hydrogens is 214 g/mol. The minimum atomic E-state index is 0.0924. The van der Waals surface area contributed by atoms with Crippen LogP contribution in [0.3, 0.4) is 0 Å². The molecule has 1 saturated heterocycles. The summed E-state index contributed by atoms with van der Waals surface area (Å²) in [5.41, 5.74) is 1.87. The quantitative estimate of drug-likeness (QED) is 0.835. The Morgan fingerprint density at radius 2 is 2.53 bits per heavy atom. The van der Waals surface area contributed by atoms with Crippen LogP contribution >= 0.6 is 0 Å². The summed E-state index contributed by atoms with van der Waals surface area (Å²) >= 11 is 0. The van der Waals surface area contributed by atoms with E-state index in [1.165, 1.54) is 6.42 Å². The molecule has 4 heteroatoms. The van der Waals surface area contributed by atoms with Gasteiger partial charge in [0.05, 0.1) is 11.9 Å². The average Bonchev–Trinajstić information content (AvgIpc) is 2.33. The second-order valence-electron chi connectivity index (χ2n) is 4.66. The van der Waals surface area contributed by atoms with Gasteiger partial charge in [0.15, 0.2) is 0 Å².